The average molecular weight is 299 g/mol. The van der Waals surface area contributed by atoms with E-state index in [0.717, 1.165) is 0 Å². The fourth-order valence-electron chi connectivity index (χ4n) is 2.09. The van der Waals surface area contributed by atoms with Crippen LogP contribution >= 0.6 is 0 Å². The van der Waals surface area contributed by atoms with Gasteiger partial charge in [0.15, 0.2) is 0 Å². The predicted molar refractivity (Wildman–Crippen MR) is 77.5 cm³/mol. The van der Waals surface area contributed by atoms with Crippen molar-refractivity contribution in [2.75, 3.05) is 7.11 Å². The Morgan fingerprint density at radius 3 is 2.40 bits per heavy atom. The molecule has 0 heterocycles. The van der Waals surface area contributed by atoms with Crippen molar-refractivity contribution in [3.05, 3.63) is 35.9 Å². The minimum atomic E-state index is -3.62. The second kappa shape index (κ2) is 6.85. The molecule has 1 aromatic rings. The summed E-state index contributed by atoms with van der Waals surface area (Å²) < 4.78 is 31.5. The number of carbonyl (C=O) groups is 1. The van der Waals surface area contributed by atoms with Crippen LogP contribution in [0.3, 0.4) is 0 Å². The number of rotatable bonds is 7. The summed E-state index contributed by atoms with van der Waals surface area (Å²) in [5.41, 5.74) is -0.555. The van der Waals surface area contributed by atoms with E-state index in [1.54, 1.807) is 31.2 Å². The van der Waals surface area contributed by atoms with Gasteiger partial charge in [-0.1, -0.05) is 43.7 Å². The van der Waals surface area contributed by atoms with Gasteiger partial charge >= 0.3 is 5.97 Å². The second-order valence-corrected chi connectivity index (χ2v) is 6.64. The van der Waals surface area contributed by atoms with Gasteiger partial charge in [-0.3, -0.25) is 4.79 Å². The van der Waals surface area contributed by atoms with E-state index < -0.39 is 21.5 Å². The lowest BCUT2D eigenvalue weighted by Crippen LogP contribution is -2.52. The van der Waals surface area contributed by atoms with Crippen LogP contribution in [-0.2, 0) is 25.3 Å². The predicted octanol–water partition coefficient (Wildman–Crippen LogP) is 1.84. The number of carbonyl (C=O) groups excluding carboxylic acids is 1. The highest BCUT2D eigenvalue weighted by Gasteiger charge is 2.37. The molecule has 1 N–H and O–H groups in total. The lowest BCUT2D eigenvalue weighted by Gasteiger charge is -2.27. The molecule has 0 aliphatic rings. The zero-order chi connectivity index (χ0) is 15.2. The average Bonchev–Trinajstić information content (AvgIpc) is 2.37. The van der Waals surface area contributed by atoms with Crippen LogP contribution in [0.4, 0.5) is 0 Å². The van der Waals surface area contributed by atoms with E-state index in [1.807, 2.05) is 13.0 Å². The highest BCUT2D eigenvalue weighted by molar-refractivity contribution is 7.88. The molecule has 112 valence electrons. The molecule has 0 aliphatic carbocycles. The number of sulfonamides is 1. The number of ether oxygens (including phenoxy) is 1. The first-order valence-corrected chi connectivity index (χ1v) is 8.12. The van der Waals surface area contributed by atoms with Crippen LogP contribution in [0.25, 0.3) is 0 Å². The summed E-state index contributed by atoms with van der Waals surface area (Å²) in [6, 6.07) is 8.83. The van der Waals surface area contributed by atoms with Crippen molar-refractivity contribution in [2.24, 2.45) is 0 Å². The molecule has 0 aromatic heterocycles. The molecule has 0 radical (unpaired) electrons. The number of hydrogen-bond acceptors (Lipinski definition) is 4. The van der Waals surface area contributed by atoms with Gasteiger partial charge in [0, 0.05) is 0 Å². The SMILES string of the molecule is CCCC(C)(NS(=O)(=O)Cc1ccccc1)C(=O)OC. The maximum atomic E-state index is 12.2. The largest absolute Gasteiger partial charge is 0.468 e. The third-order valence-corrected chi connectivity index (χ3v) is 4.44. The van der Waals surface area contributed by atoms with Gasteiger partial charge in [-0.05, 0) is 18.9 Å². The van der Waals surface area contributed by atoms with Gasteiger partial charge in [0.05, 0.1) is 12.9 Å². The molecule has 0 fully saturated rings. The van der Waals surface area contributed by atoms with E-state index in [9.17, 15) is 13.2 Å². The molecular formula is C14H21NO4S. The third-order valence-electron chi connectivity index (χ3n) is 2.97. The van der Waals surface area contributed by atoms with Gasteiger partial charge < -0.3 is 4.74 Å². The molecule has 20 heavy (non-hydrogen) atoms. The van der Waals surface area contributed by atoms with Gasteiger partial charge in [-0.15, -0.1) is 0 Å². The van der Waals surface area contributed by atoms with Gasteiger partial charge in [0.25, 0.3) is 0 Å². The first-order chi connectivity index (χ1) is 9.33. The number of methoxy groups -OCH3 is 1. The minimum Gasteiger partial charge on any atom is -0.468 e. The Balaban J connectivity index is 2.89. The topological polar surface area (TPSA) is 72.5 Å². The number of hydrogen-bond donors (Lipinski definition) is 1. The van der Waals surface area contributed by atoms with E-state index in [-0.39, 0.29) is 5.75 Å². The van der Waals surface area contributed by atoms with Crippen LogP contribution in [0.15, 0.2) is 30.3 Å². The van der Waals surface area contributed by atoms with Gasteiger partial charge in [0.1, 0.15) is 5.54 Å². The quantitative estimate of drug-likeness (QED) is 0.780. The van der Waals surface area contributed by atoms with E-state index in [4.69, 9.17) is 4.74 Å². The van der Waals surface area contributed by atoms with Crippen molar-refractivity contribution in [3.8, 4) is 0 Å². The molecule has 5 nitrogen and oxygen atoms in total. The zero-order valence-electron chi connectivity index (χ0n) is 12.0. The monoisotopic (exact) mass is 299 g/mol. The Morgan fingerprint density at radius 2 is 1.90 bits per heavy atom. The maximum Gasteiger partial charge on any atom is 0.326 e. The molecule has 1 unspecified atom stereocenters. The number of nitrogens with one attached hydrogen (secondary N) is 1. The molecular weight excluding hydrogens is 278 g/mol. The van der Waals surface area contributed by atoms with Crippen molar-refractivity contribution >= 4 is 16.0 Å². The van der Waals surface area contributed by atoms with Crippen LogP contribution in [0, 0.1) is 0 Å². The van der Waals surface area contributed by atoms with Crippen LogP contribution in [0.2, 0.25) is 0 Å². The Kier molecular flexibility index (Phi) is 5.71. The van der Waals surface area contributed by atoms with E-state index >= 15 is 0 Å². The maximum absolute atomic E-state index is 12.2. The molecule has 0 aliphatic heterocycles. The summed E-state index contributed by atoms with van der Waals surface area (Å²) in [6.07, 6.45) is 1.05. The molecule has 6 heteroatoms. The summed E-state index contributed by atoms with van der Waals surface area (Å²) in [5, 5.41) is 0. The van der Waals surface area contributed by atoms with Gasteiger partial charge in [0.2, 0.25) is 10.0 Å². The van der Waals surface area contributed by atoms with Crippen molar-refractivity contribution in [1.82, 2.24) is 4.72 Å². The first-order valence-electron chi connectivity index (χ1n) is 6.47. The Bertz CT molecular complexity index is 542. The molecule has 0 amide bonds. The van der Waals surface area contributed by atoms with E-state index in [0.29, 0.717) is 18.4 Å². The molecule has 0 saturated carbocycles. The summed E-state index contributed by atoms with van der Waals surface area (Å²) >= 11 is 0. The van der Waals surface area contributed by atoms with E-state index in [2.05, 4.69) is 4.72 Å². The second-order valence-electron chi connectivity index (χ2n) is 4.92. The molecule has 1 atom stereocenters. The molecule has 0 spiro atoms. The summed E-state index contributed by atoms with van der Waals surface area (Å²) in [4.78, 5) is 11.8. The summed E-state index contributed by atoms with van der Waals surface area (Å²) in [5.74, 6) is -0.736. The Hall–Kier alpha value is -1.40. The zero-order valence-corrected chi connectivity index (χ0v) is 12.9. The number of esters is 1. The van der Waals surface area contributed by atoms with Gasteiger partial charge in [-0.2, -0.15) is 4.72 Å². The fourth-order valence-corrected chi connectivity index (χ4v) is 3.67. The normalized spacial score (nSPS) is 14.6. The standard InChI is InChI=1S/C14H21NO4S/c1-4-10-14(2,13(16)19-3)15-20(17,18)11-12-8-6-5-7-9-12/h5-9,15H,4,10-11H2,1-3H3. The number of benzene rings is 1. The molecule has 0 saturated heterocycles. The van der Waals surface area contributed by atoms with Crippen molar-refractivity contribution in [3.63, 3.8) is 0 Å². The minimum absolute atomic E-state index is 0.163. The van der Waals surface area contributed by atoms with E-state index in [1.165, 1.54) is 7.11 Å². The summed E-state index contributed by atoms with van der Waals surface area (Å²) in [7, 11) is -2.37. The third kappa shape index (κ3) is 4.61. The van der Waals surface area contributed by atoms with Crippen molar-refractivity contribution in [1.29, 1.82) is 0 Å². The Labute approximate surface area is 120 Å². The highest BCUT2D eigenvalue weighted by atomic mass is 32.2. The summed E-state index contributed by atoms with van der Waals surface area (Å²) in [6.45, 7) is 3.43. The highest BCUT2D eigenvalue weighted by Crippen LogP contribution is 2.17. The van der Waals surface area contributed by atoms with Crippen LogP contribution in [0.5, 0.6) is 0 Å². The van der Waals surface area contributed by atoms with Gasteiger partial charge in [-0.25, -0.2) is 8.42 Å². The molecule has 1 aromatic carbocycles. The van der Waals surface area contributed by atoms with Crippen molar-refractivity contribution in [2.45, 2.75) is 38.0 Å². The van der Waals surface area contributed by atoms with Crippen LogP contribution in [0.1, 0.15) is 32.3 Å². The molecule has 1 rings (SSSR count). The molecule has 0 bridgehead atoms. The Morgan fingerprint density at radius 1 is 1.30 bits per heavy atom. The first kappa shape index (κ1) is 16.7. The van der Waals surface area contributed by atoms with Crippen LogP contribution in [-0.4, -0.2) is 27.0 Å². The van der Waals surface area contributed by atoms with Crippen molar-refractivity contribution < 1.29 is 17.9 Å². The fraction of sp³-hybridized carbons (Fsp3) is 0.500. The lowest BCUT2D eigenvalue weighted by molar-refractivity contribution is -0.147. The van der Waals surface area contributed by atoms with Crippen LogP contribution < -0.4 is 4.72 Å². The lowest BCUT2D eigenvalue weighted by atomic mass is 9.98. The smallest absolute Gasteiger partial charge is 0.326 e.